The lowest BCUT2D eigenvalue weighted by Gasteiger charge is -2.13. The normalized spacial score (nSPS) is 11.7. The van der Waals surface area contributed by atoms with Gasteiger partial charge in [0.05, 0.1) is 0 Å². The van der Waals surface area contributed by atoms with Crippen LogP contribution in [0.2, 0.25) is 5.02 Å². The van der Waals surface area contributed by atoms with E-state index in [1.807, 2.05) is 19.1 Å². The molecule has 0 aliphatic carbocycles. The van der Waals surface area contributed by atoms with Crippen molar-refractivity contribution in [2.45, 2.75) is 32.7 Å². The molecule has 1 aromatic carbocycles. The summed E-state index contributed by atoms with van der Waals surface area (Å²) in [5.74, 6) is -0.295. The Balaban J connectivity index is 2.35. The number of hydrogen-bond acceptors (Lipinski definition) is 2. The van der Waals surface area contributed by atoms with E-state index in [4.69, 9.17) is 11.6 Å². The summed E-state index contributed by atoms with van der Waals surface area (Å²) in [7, 11) is 0. The predicted octanol–water partition coefficient (Wildman–Crippen LogP) is 1.91. The minimum atomic E-state index is -0.502. The quantitative estimate of drug-likeness (QED) is 0.837. The molecule has 0 fully saturated rings. The zero-order chi connectivity index (χ0) is 14.3. The van der Waals surface area contributed by atoms with Crippen molar-refractivity contribution in [1.82, 2.24) is 10.6 Å². The molecule has 19 heavy (non-hydrogen) atoms. The topological polar surface area (TPSA) is 58.2 Å². The van der Waals surface area contributed by atoms with Crippen molar-refractivity contribution in [1.29, 1.82) is 0 Å². The summed E-state index contributed by atoms with van der Waals surface area (Å²) in [6, 6.07) is 6.88. The Morgan fingerprint density at radius 1 is 1.26 bits per heavy atom. The summed E-state index contributed by atoms with van der Waals surface area (Å²) >= 11 is 5.78. The van der Waals surface area contributed by atoms with Gasteiger partial charge in [-0.1, -0.05) is 23.7 Å². The fraction of sp³-hybridized carbons (Fsp3) is 0.429. The smallest absolute Gasteiger partial charge is 0.242 e. The highest BCUT2D eigenvalue weighted by Crippen LogP contribution is 2.10. The Morgan fingerprint density at radius 3 is 2.47 bits per heavy atom. The van der Waals surface area contributed by atoms with Crippen LogP contribution in [-0.2, 0) is 16.0 Å². The highest BCUT2D eigenvalue weighted by atomic mass is 35.5. The zero-order valence-corrected chi connectivity index (χ0v) is 12.0. The monoisotopic (exact) mass is 282 g/mol. The first-order chi connectivity index (χ1) is 9.02. The van der Waals surface area contributed by atoms with Crippen molar-refractivity contribution in [3.8, 4) is 0 Å². The van der Waals surface area contributed by atoms with Crippen LogP contribution in [0.1, 0.15) is 25.8 Å². The SMILES string of the molecule is CCNC(=O)C(C)NC(=O)CCc1ccc(Cl)cc1. The van der Waals surface area contributed by atoms with Crippen LogP contribution in [0.25, 0.3) is 0 Å². The van der Waals surface area contributed by atoms with Gasteiger partial charge in [0.2, 0.25) is 11.8 Å². The van der Waals surface area contributed by atoms with Gasteiger partial charge in [-0.15, -0.1) is 0 Å². The van der Waals surface area contributed by atoms with Crippen molar-refractivity contribution in [2.24, 2.45) is 0 Å². The number of amides is 2. The Morgan fingerprint density at radius 2 is 1.89 bits per heavy atom. The van der Waals surface area contributed by atoms with Crippen LogP contribution < -0.4 is 10.6 Å². The largest absolute Gasteiger partial charge is 0.355 e. The summed E-state index contributed by atoms with van der Waals surface area (Å²) in [6.45, 7) is 4.07. The molecule has 0 heterocycles. The van der Waals surface area contributed by atoms with E-state index in [9.17, 15) is 9.59 Å². The summed E-state index contributed by atoms with van der Waals surface area (Å²) in [5, 5.41) is 6.01. The van der Waals surface area contributed by atoms with Crippen LogP contribution in [0.4, 0.5) is 0 Å². The molecule has 5 heteroatoms. The van der Waals surface area contributed by atoms with Crippen LogP contribution in [0.15, 0.2) is 24.3 Å². The third-order valence-electron chi connectivity index (χ3n) is 2.68. The molecule has 2 N–H and O–H groups in total. The maximum Gasteiger partial charge on any atom is 0.242 e. The molecule has 0 bridgehead atoms. The molecule has 0 aromatic heterocycles. The van der Waals surface area contributed by atoms with Gasteiger partial charge in [-0.25, -0.2) is 0 Å². The Hall–Kier alpha value is -1.55. The standard InChI is InChI=1S/C14H19ClN2O2/c1-3-16-14(19)10(2)17-13(18)9-6-11-4-7-12(15)8-5-11/h4-5,7-8,10H,3,6,9H2,1-2H3,(H,16,19)(H,17,18). The lowest BCUT2D eigenvalue weighted by molar-refractivity contribution is -0.128. The van der Waals surface area contributed by atoms with Crippen molar-refractivity contribution >= 4 is 23.4 Å². The Labute approximate surface area is 118 Å². The average molecular weight is 283 g/mol. The minimum absolute atomic E-state index is 0.131. The molecular weight excluding hydrogens is 264 g/mol. The fourth-order valence-electron chi connectivity index (χ4n) is 1.62. The molecule has 0 aliphatic rings. The number of benzene rings is 1. The lowest BCUT2D eigenvalue weighted by Crippen LogP contribution is -2.44. The second kappa shape index (κ2) is 7.79. The minimum Gasteiger partial charge on any atom is -0.355 e. The summed E-state index contributed by atoms with van der Waals surface area (Å²) in [4.78, 5) is 23.1. The first-order valence-corrected chi connectivity index (χ1v) is 6.72. The molecule has 2 amide bonds. The highest BCUT2D eigenvalue weighted by Gasteiger charge is 2.14. The first kappa shape index (κ1) is 15.5. The summed E-state index contributed by atoms with van der Waals surface area (Å²) in [5.41, 5.74) is 1.05. The molecule has 0 aliphatic heterocycles. The maximum atomic E-state index is 11.7. The number of nitrogens with one attached hydrogen (secondary N) is 2. The molecule has 0 radical (unpaired) electrons. The average Bonchev–Trinajstić information content (AvgIpc) is 2.38. The van der Waals surface area contributed by atoms with Gasteiger partial charge >= 0.3 is 0 Å². The Kier molecular flexibility index (Phi) is 6.36. The number of aryl methyl sites for hydroxylation is 1. The third-order valence-corrected chi connectivity index (χ3v) is 2.93. The van der Waals surface area contributed by atoms with Crippen LogP contribution in [0.3, 0.4) is 0 Å². The van der Waals surface area contributed by atoms with Crippen LogP contribution in [0.5, 0.6) is 0 Å². The number of halogens is 1. The van der Waals surface area contributed by atoms with Gasteiger partial charge in [0.1, 0.15) is 6.04 Å². The van der Waals surface area contributed by atoms with E-state index >= 15 is 0 Å². The molecular formula is C14H19ClN2O2. The second-order valence-corrected chi connectivity index (χ2v) is 4.75. The molecule has 0 saturated heterocycles. The van der Waals surface area contributed by atoms with E-state index in [-0.39, 0.29) is 11.8 Å². The third kappa shape index (κ3) is 5.75. The second-order valence-electron chi connectivity index (χ2n) is 4.31. The predicted molar refractivity (Wildman–Crippen MR) is 76.1 cm³/mol. The molecule has 0 spiro atoms. The first-order valence-electron chi connectivity index (χ1n) is 6.34. The van der Waals surface area contributed by atoms with Crippen LogP contribution >= 0.6 is 11.6 Å². The van der Waals surface area contributed by atoms with Gasteiger partial charge in [-0.2, -0.15) is 0 Å². The molecule has 1 rings (SSSR count). The molecule has 4 nitrogen and oxygen atoms in total. The van der Waals surface area contributed by atoms with Gasteiger partial charge in [0.15, 0.2) is 0 Å². The highest BCUT2D eigenvalue weighted by molar-refractivity contribution is 6.30. The van der Waals surface area contributed by atoms with E-state index in [1.165, 1.54) is 0 Å². The number of carbonyl (C=O) groups excluding carboxylic acids is 2. The number of likely N-dealkylation sites (N-methyl/N-ethyl adjacent to an activating group) is 1. The van der Waals surface area contributed by atoms with Gasteiger partial charge in [0.25, 0.3) is 0 Å². The molecule has 1 aromatic rings. The van der Waals surface area contributed by atoms with Gasteiger partial charge in [-0.05, 0) is 38.0 Å². The molecule has 1 atom stereocenters. The number of rotatable bonds is 6. The van der Waals surface area contributed by atoms with Gasteiger partial charge < -0.3 is 10.6 Å². The summed E-state index contributed by atoms with van der Waals surface area (Å²) < 4.78 is 0. The number of hydrogen-bond donors (Lipinski definition) is 2. The van der Waals surface area contributed by atoms with E-state index in [1.54, 1.807) is 19.1 Å². The van der Waals surface area contributed by atoms with E-state index in [0.717, 1.165) is 5.56 Å². The summed E-state index contributed by atoms with van der Waals surface area (Å²) in [6.07, 6.45) is 0.983. The lowest BCUT2D eigenvalue weighted by atomic mass is 10.1. The van der Waals surface area contributed by atoms with Crippen molar-refractivity contribution in [3.05, 3.63) is 34.9 Å². The zero-order valence-electron chi connectivity index (χ0n) is 11.2. The van der Waals surface area contributed by atoms with Gasteiger partial charge in [-0.3, -0.25) is 9.59 Å². The fourth-order valence-corrected chi connectivity index (χ4v) is 1.74. The maximum absolute atomic E-state index is 11.7. The van der Waals surface area contributed by atoms with E-state index in [2.05, 4.69) is 10.6 Å². The van der Waals surface area contributed by atoms with E-state index in [0.29, 0.717) is 24.4 Å². The van der Waals surface area contributed by atoms with E-state index < -0.39 is 6.04 Å². The molecule has 104 valence electrons. The van der Waals surface area contributed by atoms with Crippen molar-refractivity contribution in [2.75, 3.05) is 6.54 Å². The number of carbonyl (C=O) groups is 2. The van der Waals surface area contributed by atoms with Gasteiger partial charge in [0, 0.05) is 18.0 Å². The van der Waals surface area contributed by atoms with Crippen LogP contribution in [-0.4, -0.2) is 24.4 Å². The van der Waals surface area contributed by atoms with Crippen LogP contribution in [0, 0.1) is 0 Å². The van der Waals surface area contributed by atoms with Crippen molar-refractivity contribution in [3.63, 3.8) is 0 Å². The molecule has 0 saturated carbocycles. The molecule has 1 unspecified atom stereocenters. The van der Waals surface area contributed by atoms with Crippen molar-refractivity contribution < 1.29 is 9.59 Å². The Bertz CT molecular complexity index is 432.